The second-order valence-corrected chi connectivity index (χ2v) is 10.8. The van der Waals surface area contributed by atoms with E-state index < -0.39 is 10.0 Å². The Morgan fingerprint density at radius 3 is 2.35 bits per heavy atom. The Morgan fingerprint density at radius 2 is 1.68 bits per heavy atom. The van der Waals surface area contributed by atoms with E-state index in [1.54, 1.807) is 18.5 Å². The molecule has 0 spiro atoms. The molecule has 0 fully saturated rings. The molecule has 0 saturated heterocycles. The number of aryl methyl sites for hydroxylation is 4. The number of primary sulfonamides is 1. The van der Waals surface area contributed by atoms with Crippen molar-refractivity contribution in [2.75, 3.05) is 24.7 Å². The SMILES string of the molecule is Cc1nc(N)c2ncn(CCCCc3cc(/N=N/c4ccc(N(C)C)cc4)ccc3S(N)(=O)=O)c2c1C. The molecule has 2 aromatic heterocycles. The van der Waals surface area contributed by atoms with Crippen LogP contribution in [0.25, 0.3) is 11.0 Å². The zero-order chi connectivity index (χ0) is 26.7. The van der Waals surface area contributed by atoms with Gasteiger partial charge in [-0.1, -0.05) is 0 Å². The summed E-state index contributed by atoms with van der Waals surface area (Å²) in [6, 6.07) is 12.5. The van der Waals surface area contributed by atoms with E-state index >= 15 is 0 Å². The van der Waals surface area contributed by atoms with E-state index in [-0.39, 0.29) is 4.90 Å². The molecule has 0 aliphatic carbocycles. The summed E-state index contributed by atoms with van der Waals surface area (Å²) in [4.78, 5) is 10.9. The van der Waals surface area contributed by atoms with Gasteiger partial charge in [0.05, 0.1) is 28.1 Å². The van der Waals surface area contributed by atoms with Crippen LogP contribution in [0.15, 0.2) is 63.9 Å². The molecule has 0 bridgehead atoms. The van der Waals surface area contributed by atoms with Crippen LogP contribution in [0.3, 0.4) is 0 Å². The van der Waals surface area contributed by atoms with Gasteiger partial charge in [0.1, 0.15) is 5.52 Å². The van der Waals surface area contributed by atoms with E-state index in [1.165, 1.54) is 6.07 Å². The lowest BCUT2D eigenvalue weighted by Gasteiger charge is -2.11. The second-order valence-electron chi connectivity index (χ2n) is 9.25. The molecule has 2 heterocycles. The molecule has 0 unspecified atom stereocenters. The third-order valence-electron chi connectivity index (χ3n) is 6.36. The summed E-state index contributed by atoms with van der Waals surface area (Å²) in [6.07, 6.45) is 3.85. The Hall–Kier alpha value is -3.83. The van der Waals surface area contributed by atoms with Gasteiger partial charge in [-0.15, -0.1) is 0 Å². The number of anilines is 2. The highest BCUT2D eigenvalue weighted by atomic mass is 32.2. The zero-order valence-electron chi connectivity index (χ0n) is 21.5. The van der Waals surface area contributed by atoms with E-state index in [2.05, 4.69) is 24.8 Å². The minimum atomic E-state index is -3.87. The summed E-state index contributed by atoms with van der Waals surface area (Å²) in [7, 11) is 0.0731. The van der Waals surface area contributed by atoms with Crippen molar-refractivity contribution in [3.05, 3.63) is 65.6 Å². The van der Waals surface area contributed by atoms with Gasteiger partial charge >= 0.3 is 0 Å². The van der Waals surface area contributed by atoms with Crippen molar-refractivity contribution in [1.29, 1.82) is 0 Å². The Balaban J connectivity index is 1.48. The topological polar surface area (TPSA) is 145 Å². The molecule has 11 heteroatoms. The molecule has 4 aromatic rings. The molecule has 0 aliphatic rings. The fourth-order valence-electron chi connectivity index (χ4n) is 4.25. The Labute approximate surface area is 217 Å². The monoisotopic (exact) mass is 520 g/mol. The summed E-state index contributed by atoms with van der Waals surface area (Å²) in [5, 5.41) is 14.1. The summed E-state index contributed by atoms with van der Waals surface area (Å²) >= 11 is 0. The zero-order valence-corrected chi connectivity index (χ0v) is 22.3. The minimum absolute atomic E-state index is 0.111. The molecule has 0 radical (unpaired) electrons. The third kappa shape index (κ3) is 5.95. The number of sulfonamides is 1. The highest BCUT2D eigenvalue weighted by Gasteiger charge is 2.15. The van der Waals surface area contributed by atoms with Crippen molar-refractivity contribution < 1.29 is 8.42 Å². The van der Waals surface area contributed by atoms with E-state index in [0.29, 0.717) is 41.2 Å². The molecular weight excluding hydrogens is 488 g/mol. The largest absolute Gasteiger partial charge is 0.382 e. The number of nitrogen functional groups attached to an aromatic ring is 1. The molecule has 0 amide bonds. The minimum Gasteiger partial charge on any atom is -0.382 e. The standard InChI is InChI=1S/C26H32N8O2S/c1-17-18(2)30-26(27)24-25(17)34(16-29-24)14-6-5-7-19-15-21(10-13-23(19)37(28,35)36)32-31-20-8-11-22(12-9-20)33(3)4/h8-13,15-16H,5-7,14H2,1-4H3,(H2,27,30)(H2,28,35,36)/b32-31+. The lowest BCUT2D eigenvalue weighted by molar-refractivity contribution is 0.593. The maximum absolute atomic E-state index is 12.2. The highest BCUT2D eigenvalue weighted by Crippen LogP contribution is 2.27. The van der Waals surface area contributed by atoms with Crippen LogP contribution in [0.5, 0.6) is 0 Å². The van der Waals surface area contributed by atoms with E-state index in [0.717, 1.165) is 35.3 Å². The van der Waals surface area contributed by atoms with Crippen molar-refractivity contribution in [3.8, 4) is 0 Å². The second kappa shape index (κ2) is 10.7. The maximum Gasteiger partial charge on any atom is 0.238 e. The number of unbranched alkanes of at least 4 members (excludes halogenated alkanes) is 1. The van der Waals surface area contributed by atoms with E-state index in [4.69, 9.17) is 10.9 Å². The number of hydrogen-bond acceptors (Lipinski definition) is 8. The summed E-state index contributed by atoms with van der Waals surface area (Å²) < 4.78 is 26.4. The fraction of sp³-hybridized carbons (Fsp3) is 0.308. The van der Waals surface area contributed by atoms with E-state index in [9.17, 15) is 8.42 Å². The molecule has 4 N–H and O–H groups in total. The summed E-state index contributed by atoms with van der Waals surface area (Å²) in [5.74, 6) is 0.425. The predicted molar refractivity (Wildman–Crippen MR) is 147 cm³/mol. The van der Waals surface area contributed by atoms with Crippen LogP contribution in [0, 0.1) is 13.8 Å². The van der Waals surface area contributed by atoms with Crippen LogP contribution in [-0.2, 0) is 23.0 Å². The van der Waals surface area contributed by atoms with Gasteiger partial charge in [-0.25, -0.2) is 23.5 Å². The Kier molecular flexibility index (Phi) is 7.55. The van der Waals surface area contributed by atoms with Gasteiger partial charge in [0.15, 0.2) is 5.82 Å². The Morgan fingerprint density at radius 1 is 1.00 bits per heavy atom. The van der Waals surface area contributed by atoms with Crippen LogP contribution in [0.4, 0.5) is 22.9 Å². The average molecular weight is 521 g/mol. The van der Waals surface area contributed by atoms with Gasteiger partial charge in [-0.05, 0) is 86.7 Å². The molecule has 0 saturated carbocycles. The number of aromatic nitrogens is 3. The van der Waals surface area contributed by atoms with Crippen molar-refractivity contribution in [3.63, 3.8) is 0 Å². The quantitative estimate of drug-likeness (QED) is 0.240. The molecule has 194 valence electrons. The predicted octanol–water partition coefficient (Wildman–Crippen LogP) is 4.78. The number of pyridine rings is 1. The summed E-state index contributed by atoms with van der Waals surface area (Å²) in [6.45, 7) is 4.66. The molecule has 10 nitrogen and oxygen atoms in total. The van der Waals surface area contributed by atoms with Crippen LogP contribution in [0.1, 0.15) is 29.7 Å². The van der Waals surface area contributed by atoms with Crippen LogP contribution in [-0.4, -0.2) is 37.0 Å². The van der Waals surface area contributed by atoms with Gasteiger partial charge < -0.3 is 15.2 Å². The first-order valence-electron chi connectivity index (χ1n) is 12.0. The number of azo groups is 1. The molecule has 37 heavy (non-hydrogen) atoms. The average Bonchev–Trinajstić information content (AvgIpc) is 3.28. The van der Waals surface area contributed by atoms with Crippen molar-refractivity contribution in [2.45, 2.75) is 44.6 Å². The normalized spacial score (nSPS) is 12.0. The number of nitrogens with zero attached hydrogens (tertiary/aromatic N) is 6. The van der Waals surface area contributed by atoms with Gasteiger partial charge in [0, 0.05) is 32.0 Å². The van der Waals surface area contributed by atoms with E-state index in [1.807, 2.05) is 57.1 Å². The molecular formula is C26H32N8O2S. The number of fused-ring (bicyclic) bond motifs is 1. The van der Waals surface area contributed by atoms with Gasteiger partial charge in [-0.2, -0.15) is 10.2 Å². The smallest absolute Gasteiger partial charge is 0.238 e. The molecule has 4 rings (SSSR count). The van der Waals surface area contributed by atoms with Crippen molar-refractivity contribution >= 4 is 43.9 Å². The fourth-order valence-corrected chi connectivity index (χ4v) is 5.04. The molecule has 0 aliphatic heterocycles. The number of hydrogen-bond donors (Lipinski definition) is 2. The van der Waals surface area contributed by atoms with Crippen LogP contribution < -0.4 is 15.8 Å². The number of rotatable bonds is 9. The highest BCUT2D eigenvalue weighted by molar-refractivity contribution is 7.89. The van der Waals surface area contributed by atoms with Crippen LogP contribution >= 0.6 is 0 Å². The van der Waals surface area contributed by atoms with Gasteiger partial charge in [-0.3, -0.25) is 0 Å². The van der Waals surface area contributed by atoms with Crippen molar-refractivity contribution in [1.82, 2.24) is 14.5 Å². The first-order valence-corrected chi connectivity index (χ1v) is 13.5. The maximum atomic E-state index is 12.2. The number of nitrogens with two attached hydrogens (primary N) is 2. The number of imidazole rings is 1. The third-order valence-corrected chi connectivity index (χ3v) is 7.37. The molecule has 0 atom stereocenters. The first-order chi connectivity index (χ1) is 17.5. The first kappa shape index (κ1) is 26.2. The van der Waals surface area contributed by atoms with Crippen LogP contribution in [0.2, 0.25) is 0 Å². The molecule has 2 aromatic carbocycles. The summed E-state index contributed by atoms with van der Waals surface area (Å²) in [5.41, 5.74) is 12.6. The number of benzene rings is 2. The lowest BCUT2D eigenvalue weighted by atomic mass is 10.1. The van der Waals surface area contributed by atoms with Crippen molar-refractivity contribution in [2.24, 2.45) is 15.4 Å². The Bertz CT molecular complexity index is 1560. The van der Waals surface area contributed by atoms with Gasteiger partial charge in [0.25, 0.3) is 0 Å². The van der Waals surface area contributed by atoms with Gasteiger partial charge in [0.2, 0.25) is 10.0 Å². The lowest BCUT2D eigenvalue weighted by Crippen LogP contribution is -2.14.